The van der Waals surface area contributed by atoms with Crippen LogP contribution in [0.2, 0.25) is 0 Å². The van der Waals surface area contributed by atoms with Gasteiger partial charge in [0.1, 0.15) is 5.75 Å². The number of benzene rings is 2. The molecule has 2 aromatic carbocycles. The molecule has 1 atom stereocenters. The third kappa shape index (κ3) is 3.94. The van der Waals surface area contributed by atoms with E-state index < -0.39 is 0 Å². The number of rotatable bonds is 6. The lowest BCUT2D eigenvalue weighted by atomic mass is 10.1. The van der Waals surface area contributed by atoms with Gasteiger partial charge in [-0.3, -0.25) is 9.20 Å². The summed E-state index contributed by atoms with van der Waals surface area (Å²) in [6, 6.07) is 24.5. The first-order valence-corrected chi connectivity index (χ1v) is 10.5. The molecule has 0 aliphatic heterocycles. The Kier molecular flexibility index (Phi) is 5.32. The van der Waals surface area contributed by atoms with Crippen LogP contribution in [0.4, 0.5) is 0 Å². The first-order valence-electron chi connectivity index (χ1n) is 10.5. The zero-order chi connectivity index (χ0) is 22.8. The molecule has 0 fully saturated rings. The largest absolute Gasteiger partial charge is 0.497 e. The number of fused-ring (bicyclic) bond motifs is 1. The molecule has 33 heavy (non-hydrogen) atoms. The van der Waals surface area contributed by atoms with Crippen LogP contribution < -0.4 is 10.1 Å². The van der Waals surface area contributed by atoms with E-state index in [2.05, 4.69) is 20.6 Å². The van der Waals surface area contributed by atoms with Gasteiger partial charge in [-0.25, -0.2) is 4.68 Å². The van der Waals surface area contributed by atoms with Crippen LogP contribution >= 0.6 is 0 Å². The molecule has 164 valence electrons. The zero-order valence-corrected chi connectivity index (χ0v) is 18.2. The van der Waals surface area contributed by atoms with Gasteiger partial charge >= 0.3 is 0 Å². The molecule has 3 aromatic heterocycles. The molecule has 5 aromatic rings. The van der Waals surface area contributed by atoms with E-state index in [1.54, 1.807) is 17.9 Å². The highest BCUT2D eigenvalue weighted by Crippen LogP contribution is 2.26. The number of carbonyl (C=O) groups is 1. The normalized spacial score (nSPS) is 11.9. The number of aromatic nitrogens is 5. The van der Waals surface area contributed by atoms with Crippen LogP contribution in [0.15, 0.2) is 85.1 Å². The number of carbonyl (C=O) groups excluding carboxylic acids is 1. The standard InChI is InChI=1S/C25H22N6O2/c1-17(24-28-27-23-10-6-7-15-30(23)24)26-25(32)21-16-22(18-11-13-20(33-2)14-12-18)31(29-21)19-8-4-3-5-9-19/h3-17H,1-2H3,(H,26,32). The van der Waals surface area contributed by atoms with Crippen molar-refractivity contribution in [3.05, 3.63) is 96.6 Å². The zero-order valence-electron chi connectivity index (χ0n) is 18.2. The maximum absolute atomic E-state index is 13.2. The van der Waals surface area contributed by atoms with Crippen molar-refractivity contribution < 1.29 is 9.53 Å². The number of hydrogen-bond acceptors (Lipinski definition) is 5. The Bertz CT molecular complexity index is 1410. The van der Waals surface area contributed by atoms with E-state index in [1.165, 1.54) is 0 Å². The first-order chi connectivity index (χ1) is 16.1. The van der Waals surface area contributed by atoms with Crippen LogP contribution in [-0.2, 0) is 0 Å². The lowest BCUT2D eigenvalue weighted by molar-refractivity contribution is 0.0932. The third-order valence-electron chi connectivity index (χ3n) is 5.40. The fraction of sp³-hybridized carbons (Fsp3) is 0.120. The van der Waals surface area contributed by atoms with E-state index in [9.17, 15) is 4.79 Å². The van der Waals surface area contributed by atoms with Crippen LogP contribution in [0.1, 0.15) is 29.3 Å². The summed E-state index contributed by atoms with van der Waals surface area (Å²) in [4.78, 5) is 13.2. The van der Waals surface area contributed by atoms with E-state index in [4.69, 9.17) is 4.74 Å². The molecule has 3 heterocycles. The Hall–Kier alpha value is -4.46. The fourth-order valence-electron chi connectivity index (χ4n) is 3.72. The molecule has 8 nitrogen and oxygen atoms in total. The van der Waals surface area contributed by atoms with Crippen molar-refractivity contribution >= 4 is 11.6 Å². The molecule has 0 saturated carbocycles. The number of hydrogen-bond donors (Lipinski definition) is 1. The average molecular weight is 438 g/mol. The van der Waals surface area contributed by atoms with Crippen molar-refractivity contribution in [2.45, 2.75) is 13.0 Å². The highest BCUT2D eigenvalue weighted by atomic mass is 16.5. The predicted molar refractivity (Wildman–Crippen MR) is 124 cm³/mol. The van der Waals surface area contributed by atoms with Crippen molar-refractivity contribution in [1.82, 2.24) is 29.7 Å². The summed E-state index contributed by atoms with van der Waals surface area (Å²) in [7, 11) is 1.63. The van der Waals surface area contributed by atoms with Crippen molar-refractivity contribution in [3.63, 3.8) is 0 Å². The number of nitrogens with zero attached hydrogens (tertiary/aromatic N) is 5. The molecular weight excluding hydrogens is 416 g/mol. The van der Waals surface area contributed by atoms with Crippen molar-refractivity contribution in [3.8, 4) is 22.7 Å². The molecule has 0 saturated heterocycles. The highest BCUT2D eigenvalue weighted by molar-refractivity contribution is 5.93. The second-order valence-corrected chi connectivity index (χ2v) is 7.57. The van der Waals surface area contributed by atoms with Crippen LogP contribution in [0.3, 0.4) is 0 Å². The number of ether oxygens (including phenoxy) is 1. The molecule has 0 aliphatic carbocycles. The van der Waals surface area contributed by atoms with Gasteiger partial charge < -0.3 is 10.1 Å². The molecule has 1 N–H and O–H groups in total. The minimum Gasteiger partial charge on any atom is -0.497 e. The summed E-state index contributed by atoms with van der Waals surface area (Å²) in [5.74, 6) is 1.12. The van der Waals surface area contributed by atoms with Crippen LogP contribution in [0.25, 0.3) is 22.6 Å². The number of para-hydroxylation sites is 1. The van der Waals surface area contributed by atoms with Crippen molar-refractivity contribution in [1.29, 1.82) is 0 Å². The minimum atomic E-state index is -0.360. The van der Waals surface area contributed by atoms with E-state index in [0.717, 1.165) is 28.3 Å². The van der Waals surface area contributed by atoms with Gasteiger partial charge in [-0.15, -0.1) is 10.2 Å². The summed E-state index contributed by atoms with van der Waals surface area (Å²) < 4.78 is 8.90. The van der Waals surface area contributed by atoms with Crippen molar-refractivity contribution in [2.24, 2.45) is 0 Å². The minimum absolute atomic E-state index is 0.292. The Morgan fingerprint density at radius 1 is 0.970 bits per heavy atom. The van der Waals surface area contributed by atoms with Crippen LogP contribution in [0, 0.1) is 0 Å². The maximum atomic E-state index is 13.2. The summed E-state index contributed by atoms with van der Waals surface area (Å²) in [6.45, 7) is 1.87. The monoisotopic (exact) mass is 438 g/mol. The topological polar surface area (TPSA) is 86.3 Å². The summed E-state index contributed by atoms with van der Waals surface area (Å²) >= 11 is 0. The molecule has 0 bridgehead atoms. The van der Waals surface area contributed by atoms with Crippen molar-refractivity contribution in [2.75, 3.05) is 7.11 Å². The Labute approximate surface area is 190 Å². The molecule has 8 heteroatoms. The van der Waals surface area contributed by atoms with Gasteiger partial charge in [-0.05, 0) is 61.5 Å². The van der Waals surface area contributed by atoms with Gasteiger partial charge in [0.15, 0.2) is 17.2 Å². The van der Waals surface area contributed by atoms with Crippen LogP contribution in [0.5, 0.6) is 5.75 Å². The van der Waals surface area contributed by atoms with Crippen LogP contribution in [-0.4, -0.2) is 37.4 Å². The smallest absolute Gasteiger partial charge is 0.272 e. The molecule has 0 radical (unpaired) electrons. The van der Waals surface area contributed by atoms with E-state index in [1.807, 2.05) is 90.3 Å². The number of pyridine rings is 1. The van der Waals surface area contributed by atoms with Gasteiger partial charge in [-0.1, -0.05) is 24.3 Å². The lowest BCUT2D eigenvalue weighted by Gasteiger charge is -2.11. The maximum Gasteiger partial charge on any atom is 0.272 e. The van der Waals surface area contributed by atoms with Gasteiger partial charge in [0.25, 0.3) is 5.91 Å². The second-order valence-electron chi connectivity index (χ2n) is 7.57. The Morgan fingerprint density at radius 3 is 2.48 bits per heavy atom. The molecule has 0 aliphatic rings. The number of methoxy groups -OCH3 is 1. The molecule has 0 spiro atoms. The average Bonchev–Trinajstić information content (AvgIpc) is 3.50. The molecule has 1 unspecified atom stereocenters. The van der Waals surface area contributed by atoms with Gasteiger partial charge in [-0.2, -0.15) is 5.10 Å². The van der Waals surface area contributed by atoms with E-state index >= 15 is 0 Å². The van der Waals surface area contributed by atoms with E-state index in [0.29, 0.717) is 11.5 Å². The Morgan fingerprint density at radius 2 is 1.73 bits per heavy atom. The first kappa shape index (κ1) is 20.4. The quantitative estimate of drug-likeness (QED) is 0.432. The summed E-state index contributed by atoms with van der Waals surface area (Å²) in [5, 5.41) is 16.0. The lowest BCUT2D eigenvalue weighted by Crippen LogP contribution is -2.28. The second kappa shape index (κ2) is 8.58. The van der Waals surface area contributed by atoms with Gasteiger partial charge in [0, 0.05) is 11.8 Å². The van der Waals surface area contributed by atoms with E-state index in [-0.39, 0.29) is 11.9 Å². The summed E-state index contributed by atoms with van der Waals surface area (Å²) in [5.41, 5.74) is 3.62. The Balaban J connectivity index is 1.48. The predicted octanol–water partition coefficient (Wildman–Crippen LogP) is 4.08. The van der Waals surface area contributed by atoms with Gasteiger partial charge in [0.2, 0.25) is 0 Å². The molecule has 5 rings (SSSR count). The number of nitrogens with one attached hydrogen (secondary N) is 1. The highest BCUT2D eigenvalue weighted by Gasteiger charge is 2.21. The van der Waals surface area contributed by atoms with Gasteiger partial charge in [0.05, 0.1) is 24.5 Å². The molecule has 1 amide bonds. The molecular formula is C25H22N6O2. The fourth-order valence-corrected chi connectivity index (χ4v) is 3.72. The SMILES string of the molecule is COc1ccc(-c2cc(C(=O)NC(C)c3nnc4ccccn34)nn2-c2ccccc2)cc1. The summed E-state index contributed by atoms with van der Waals surface area (Å²) in [6.07, 6.45) is 1.87. The number of amides is 1. The third-order valence-corrected chi connectivity index (χ3v) is 5.40.